The molecular weight excluding hydrogens is 657 g/mol. The smallest absolute Gasteiger partial charge is 0.141 e. The Morgan fingerprint density at radius 3 is 2.23 bits per heavy atom. The Labute approximate surface area is 241 Å². The van der Waals surface area contributed by atoms with E-state index in [2.05, 4.69) is 58.5 Å². The predicted molar refractivity (Wildman–Crippen MR) is 154 cm³/mol. The molecule has 0 atom stereocenters. The predicted octanol–water partition coefficient (Wildman–Crippen LogP) is 8.97. The van der Waals surface area contributed by atoms with Gasteiger partial charge in [0.25, 0.3) is 0 Å². The topological polar surface area (TPSA) is 38.9 Å². The van der Waals surface area contributed by atoms with Gasteiger partial charge < -0.3 is 14.4 Å². The first-order valence-electron chi connectivity index (χ1n) is 12.5. The Morgan fingerprint density at radius 1 is 0.641 bits per heavy atom. The van der Waals surface area contributed by atoms with Gasteiger partial charge in [0.1, 0.15) is 11.2 Å². The molecule has 0 aliphatic carbocycles. The molecule has 3 aromatic heterocycles. The van der Waals surface area contributed by atoms with Gasteiger partial charge in [0.15, 0.2) is 0 Å². The van der Waals surface area contributed by atoms with E-state index in [1.54, 1.807) is 6.20 Å². The van der Waals surface area contributed by atoms with Crippen LogP contribution in [-0.2, 0) is 20.1 Å². The second-order valence-corrected chi connectivity index (χ2v) is 8.93. The molecule has 0 spiro atoms. The van der Waals surface area contributed by atoms with Crippen LogP contribution < -0.4 is 0 Å². The number of furan rings is 1. The molecule has 3 heterocycles. The third-order valence-corrected chi connectivity index (χ3v) is 6.33. The van der Waals surface area contributed by atoms with E-state index >= 15 is 0 Å². The Morgan fingerprint density at radius 2 is 1.41 bits per heavy atom. The molecule has 0 amide bonds. The SMILES string of the molecule is Cc1cccc(-c2[c-]ccc(-c3cccc4c3oc3ccccc34)c2)n1.[Ir].[c-]1ccccc1-c1ccccn1. The molecule has 0 saturated carbocycles. The van der Waals surface area contributed by atoms with Gasteiger partial charge in [0.2, 0.25) is 0 Å². The van der Waals surface area contributed by atoms with Gasteiger partial charge in [-0.1, -0.05) is 66.2 Å². The minimum Gasteiger partial charge on any atom is -0.455 e. The minimum atomic E-state index is 0. The Hall–Kier alpha value is -4.37. The van der Waals surface area contributed by atoms with Crippen molar-refractivity contribution in [1.29, 1.82) is 0 Å². The maximum atomic E-state index is 6.18. The molecule has 4 aromatic carbocycles. The Balaban J connectivity index is 0.000000200. The van der Waals surface area contributed by atoms with Crippen LogP contribution in [0.15, 0.2) is 132 Å². The number of aryl methyl sites for hydroxylation is 1. The van der Waals surface area contributed by atoms with Crippen LogP contribution in [-0.4, -0.2) is 9.97 Å². The van der Waals surface area contributed by atoms with Crippen molar-refractivity contribution in [2.24, 2.45) is 0 Å². The zero-order valence-corrected chi connectivity index (χ0v) is 23.7. The monoisotopic (exact) mass is 681 g/mol. The third-order valence-electron chi connectivity index (χ3n) is 6.33. The Bertz CT molecular complexity index is 1790. The molecule has 7 aromatic rings. The first kappa shape index (κ1) is 26.2. The van der Waals surface area contributed by atoms with Crippen molar-refractivity contribution in [3.8, 4) is 33.6 Å². The molecule has 1 radical (unpaired) electrons. The van der Waals surface area contributed by atoms with E-state index < -0.39 is 0 Å². The van der Waals surface area contributed by atoms with E-state index in [0.717, 1.165) is 61.3 Å². The minimum absolute atomic E-state index is 0. The van der Waals surface area contributed by atoms with E-state index in [1.807, 2.05) is 91.9 Å². The number of para-hydroxylation sites is 2. The molecule has 0 fully saturated rings. The number of fused-ring (bicyclic) bond motifs is 3. The summed E-state index contributed by atoms with van der Waals surface area (Å²) in [6.07, 6.45) is 1.79. The molecule has 0 aliphatic rings. The van der Waals surface area contributed by atoms with Crippen LogP contribution in [0.1, 0.15) is 5.69 Å². The Kier molecular flexibility index (Phi) is 8.07. The summed E-state index contributed by atoms with van der Waals surface area (Å²) in [5.74, 6) is 0. The van der Waals surface area contributed by atoms with Crippen LogP contribution in [0.25, 0.3) is 55.6 Å². The maximum absolute atomic E-state index is 6.18. The molecule has 3 nitrogen and oxygen atoms in total. The van der Waals surface area contributed by atoms with Gasteiger partial charge in [0, 0.05) is 48.3 Å². The van der Waals surface area contributed by atoms with Crippen molar-refractivity contribution in [1.82, 2.24) is 9.97 Å². The van der Waals surface area contributed by atoms with Crippen molar-refractivity contribution >= 4 is 21.9 Å². The average molecular weight is 681 g/mol. The second kappa shape index (κ2) is 12.0. The van der Waals surface area contributed by atoms with Crippen molar-refractivity contribution in [3.05, 3.63) is 145 Å². The molecule has 0 N–H and O–H groups in total. The number of benzene rings is 4. The van der Waals surface area contributed by atoms with Crippen LogP contribution in [0.5, 0.6) is 0 Å². The van der Waals surface area contributed by atoms with Crippen LogP contribution in [0.2, 0.25) is 0 Å². The van der Waals surface area contributed by atoms with Gasteiger partial charge in [-0.15, -0.1) is 65.7 Å². The fourth-order valence-electron chi connectivity index (χ4n) is 4.52. The maximum Gasteiger partial charge on any atom is 0.141 e. The van der Waals surface area contributed by atoms with Crippen molar-refractivity contribution in [2.75, 3.05) is 0 Å². The molecule has 191 valence electrons. The summed E-state index contributed by atoms with van der Waals surface area (Å²) in [6.45, 7) is 2.00. The summed E-state index contributed by atoms with van der Waals surface area (Å²) < 4.78 is 6.18. The first-order valence-corrected chi connectivity index (χ1v) is 12.5. The number of aromatic nitrogens is 2. The number of pyridine rings is 2. The fraction of sp³-hybridized carbons (Fsp3) is 0.0286. The quantitative estimate of drug-likeness (QED) is 0.175. The number of rotatable bonds is 3. The van der Waals surface area contributed by atoms with E-state index in [1.165, 1.54) is 0 Å². The van der Waals surface area contributed by atoms with Gasteiger partial charge in [-0.25, -0.2) is 0 Å². The summed E-state index contributed by atoms with van der Waals surface area (Å²) in [7, 11) is 0. The summed E-state index contributed by atoms with van der Waals surface area (Å²) in [5.41, 5.74) is 8.95. The summed E-state index contributed by atoms with van der Waals surface area (Å²) >= 11 is 0. The standard InChI is InChI=1S/C24H16NO.C11H8N.Ir/c1-16-7-4-13-22(25-16)18-9-5-8-17(15-18)19-11-6-12-21-20-10-2-3-14-23(20)26-24(19)21;1-2-6-10(7-3-1)11-8-4-5-9-12-11;/h2-8,10-15H,1H3;1-6,8-9H;/q2*-1;. The zero-order valence-electron chi connectivity index (χ0n) is 21.3. The summed E-state index contributed by atoms with van der Waals surface area (Å²) in [5, 5.41) is 2.29. The molecule has 0 bridgehead atoms. The first-order chi connectivity index (χ1) is 18.8. The van der Waals surface area contributed by atoms with E-state index in [-0.39, 0.29) is 20.1 Å². The van der Waals surface area contributed by atoms with Gasteiger partial charge >= 0.3 is 0 Å². The van der Waals surface area contributed by atoms with Gasteiger partial charge in [-0.2, -0.15) is 0 Å². The van der Waals surface area contributed by atoms with Gasteiger partial charge in [-0.05, 0) is 36.5 Å². The summed E-state index contributed by atoms with van der Waals surface area (Å²) in [6, 6.07) is 46.8. The molecule has 4 heteroatoms. The van der Waals surface area contributed by atoms with E-state index in [0.29, 0.717) is 0 Å². The molecular formula is C35H24IrN2O-2. The van der Waals surface area contributed by atoms with Crippen LogP contribution in [0.3, 0.4) is 0 Å². The van der Waals surface area contributed by atoms with Crippen molar-refractivity contribution in [3.63, 3.8) is 0 Å². The van der Waals surface area contributed by atoms with Crippen LogP contribution >= 0.6 is 0 Å². The van der Waals surface area contributed by atoms with Crippen molar-refractivity contribution < 1.29 is 24.5 Å². The number of nitrogens with zero attached hydrogens (tertiary/aromatic N) is 2. The van der Waals surface area contributed by atoms with Gasteiger partial charge in [0.05, 0.1) is 0 Å². The molecule has 0 aliphatic heterocycles. The molecule has 0 unspecified atom stereocenters. The van der Waals surface area contributed by atoms with E-state index in [9.17, 15) is 0 Å². The van der Waals surface area contributed by atoms with Crippen LogP contribution in [0, 0.1) is 19.1 Å². The average Bonchev–Trinajstić information content (AvgIpc) is 3.38. The second-order valence-electron chi connectivity index (χ2n) is 8.93. The van der Waals surface area contributed by atoms with Gasteiger partial charge in [-0.3, -0.25) is 0 Å². The van der Waals surface area contributed by atoms with Crippen LogP contribution in [0.4, 0.5) is 0 Å². The normalized spacial score (nSPS) is 10.5. The number of hydrogen-bond acceptors (Lipinski definition) is 3. The number of hydrogen-bond donors (Lipinski definition) is 0. The molecule has 7 rings (SSSR count). The zero-order chi connectivity index (χ0) is 25.7. The molecule has 0 saturated heterocycles. The summed E-state index contributed by atoms with van der Waals surface area (Å²) in [4.78, 5) is 8.84. The van der Waals surface area contributed by atoms with E-state index in [4.69, 9.17) is 4.42 Å². The molecule has 39 heavy (non-hydrogen) atoms. The largest absolute Gasteiger partial charge is 0.455 e. The van der Waals surface area contributed by atoms with Crippen molar-refractivity contribution in [2.45, 2.75) is 6.92 Å². The fourth-order valence-corrected chi connectivity index (χ4v) is 4.52. The third kappa shape index (κ3) is 5.73.